The lowest BCUT2D eigenvalue weighted by Gasteiger charge is -2.37. The smallest absolute Gasteiger partial charge is 0.314 e. The Morgan fingerprint density at radius 2 is 1.73 bits per heavy atom. The van der Waals surface area contributed by atoms with Gasteiger partial charge in [-0.15, -0.1) is 0 Å². The number of hydrogen-bond acceptors (Lipinski definition) is 2. The fourth-order valence-electron chi connectivity index (χ4n) is 4.32. The summed E-state index contributed by atoms with van der Waals surface area (Å²) >= 11 is 0. The standard InChI is InChI=1S/C21H31N3O2/c22-21(26)24-13-5-10-19(16-24)20(25)23-14-11-18(12-15-23)9-4-8-17-6-2-1-3-7-17/h1-3,6-7,18-19H,4-5,8-16H2,(H2,22,26). The van der Waals surface area contributed by atoms with Gasteiger partial charge in [0, 0.05) is 26.2 Å². The maximum absolute atomic E-state index is 12.8. The van der Waals surface area contributed by atoms with Crippen LogP contribution in [0.25, 0.3) is 0 Å². The number of hydrogen-bond donors (Lipinski definition) is 1. The van der Waals surface area contributed by atoms with E-state index < -0.39 is 6.03 Å². The molecule has 5 heteroatoms. The molecule has 2 heterocycles. The van der Waals surface area contributed by atoms with Crippen molar-refractivity contribution in [1.82, 2.24) is 9.80 Å². The number of nitrogens with two attached hydrogens (primary N) is 1. The van der Waals surface area contributed by atoms with Crippen molar-refractivity contribution in [1.29, 1.82) is 0 Å². The van der Waals surface area contributed by atoms with Gasteiger partial charge in [0.25, 0.3) is 0 Å². The van der Waals surface area contributed by atoms with Crippen LogP contribution in [0.1, 0.15) is 44.1 Å². The Morgan fingerprint density at radius 1 is 1.00 bits per heavy atom. The minimum atomic E-state index is -0.403. The number of amides is 3. The highest BCUT2D eigenvalue weighted by Crippen LogP contribution is 2.26. The Morgan fingerprint density at radius 3 is 2.42 bits per heavy atom. The zero-order chi connectivity index (χ0) is 18.4. The molecule has 2 aliphatic heterocycles. The number of nitrogens with zero attached hydrogens (tertiary/aromatic N) is 2. The zero-order valence-corrected chi connectivity index (χ0v) is 15.6. The van der Waals surface area contributed by atoms with Crippen LogP contribution in [0.2, 0.25) is 0 Å². The summed E-state index contributed by atoms with van der Waals surface area (Å²) in [6.45, 7) is 2.90. The van der Waals surface area contributed by atoms with Crippen LogP contribution in [0, 0.1) is 11.8 Å². The van der Waals surface area contributed by atoms with Gasteiger partial charge in [0.05, 0.1) is 5.92 Å². The second-order valence-corrected chi connectivity index (χ2v) is 7.77. The second-order valence-electron chi connectivity index (χ2n) is 7.77. The van der Waals surface area contributed by atoms with Crippen LogP contribution in [0.5, 0.6) is 0 Å². The van der Waals surface area contributed by atoms with E-state index >= 15 is 0 Å². The van der Waals surface area contributed by atoms with Gasteiger partial charge in [-0.25, -0.2) is 4.79 Å². The quantitative estimate of drug-likeness (QED) is 0.880. The van der Waals surface area contributed by atoms with Gasteiger partial charge in [-0.05, 0) is 56.4 Å². The minimum absolute atomic E-state index is 0.0640. The number of carbonyl (C=O) groups is 2. The SMILES string of the molecule is NC(=O)N1CCCC(C(=O)N2CCC(CCCc3ccccc3)CC2)C1. The molecule has 5 nitrogen and oxygen atoms in total. The number of rotatable bonds is 5. The molecular formula is C21H31N3O2. The molecule has 142 valence electrons. The molecule has 0 aliphatic carbocycles. The molecule has 1 atom stereocenters. The van der Waals surface area contributed by atoms with Crippen LogP contribution in [0.4, 0.5) is 4.79 Å². The number of primary amides is 1. The van der Waals surface area contributed by atoms with Gasteiger partial charge in [-0.2, -0.15) is 0 Å². The Bertz CT molecular complexity index is 597. The summed E-state index contributed by atoms with van der Waals surface area (Å²) in [6, 6.07) is 10.3. The predicted molar refractivity (Wildman–Crippen MR) is 103 cm³/mol. The first-order valence-corrected chi connectivity index (χ1v) is 10.0. The zero-order valence-electron chi connectivity index (χ0n) is 15.6. The molecule has 0 spiro atoms. The van der Waals surface area contributed by atoms with Crippen LogP contribution >= 0.6 is 0 Å². The summed E-state index contributed by atoms with van der Waals surface area (Å²) in [4.78, 5) is 27.8. The van der Waals surface area contributed by atoms with Crippen LogP contribution < -0.4 is 5.73 Å². The number of likely N-dealkylation sites (tertiary alicyclic amines) is 2. The van der Waals surface area contributed by atoms with E-state index in [4.69, 9.17) is 5.73 Å². The lowest BCUT2D eigenvalue weighted by Crippen LogP contribution is -2.49. The molecular weight excluding hydrogens is 326 g/mol. The molecule has 0 bridgehead atoms. The van der Waals surface area contributed by atoms with Gasteiger partial charge in [0.2, 0.25) is 5.91 Å². The van der Waals surface area contributed by atoms with E-state index in [2.05, 4.69) is 30.3 Å². The molecule has 2 saturated heterocycles. The van der Waals surface area contributed by atoms with E-state index in [9.17, 15) is 9.59 Å². The topological polar surface area (TPSA) is 66.6 Å². The van der Waals surface area contributed by atoms with Crippen molar-refractivity contribution in [2.75, 3.05) is 26.2 Å². The highest BCUT2D eigenvalue weighted by Gasteiger charge is 2.32. The molecule has 1 aromatic rings. The molecule has 0 radical (unpaired) electrons. The molecule has 1 unspecified atom stereocenters. The molecule has 2 aliphatic rings. The molecule has 0 aromatic heterocycles. The van der Waals surface area contributed by atoms with Crippen molar-refractivity contribution < 1.29 is 9.59 Å². The van der Waals surface area contributed by atoms with Crippen molar-refractivity contribution in [3.8, 4) is 0 Å². The summed E-state index contributed by atoms with van der Waals surface area (Å²) in [5, 5.41) is 0. The summed E-state index contributed by atoms with van der Waals surface area (Å²) in [5.74, 6) is 0.890. The molecule has 3 amide bonds. The largest absolute Gasteiger partial charge is 0.351 e. The van der Waals surface area contributed by atoms with Crippen molar-refractivity contribution in [3.05, 3.63) is 35.9 Å². The average Bonchev–Trinajstić information content (AvgIpc) is 2.69. The first-order chi connectivity index (χ1) is 12.6. The van der Waals surface area contributed by atoms with Crippen LogP contribution in [0.3, 0.4) is 0 Å². The average molecular weight is 357 g/mol. The van der Waals surface area contributed by atoms with Gasteiger partial charge in [0.1, 0.15) is 0 Å². The third-order valence-electron chi connectivity index (χ3n) is 5.93. The van der Waals surface area contributed by atoms with Gasteiger partial charge >= 0.3 is 6.03 Å². The van der Waals surface area contributed by atoms with E-state index in [-0.39, 0.29) is 11.8 Å². The fraction of sp³-hybridized carbons (Fsp3) is 0.619. The number of piperidine rings is 2. The molecule has 3 rings (SSSR count). The lowest BCUT2D eigenvalue weighted by atomic mass is 9.89. The molecule has 2 N–H and O–H groups in total. The third-order valence-corrected chi connectivity index (χ3v) is 5.93. The summed E-state index contributed by atoms with van der Waals surface area (Å²) < 4.78 is 0. The highest BCUT2D eigenvalue weighted by molar-refractivity contribution is 5.80. The number of carbonyl (C=O) groups excluding carboxylic acids is 2. The van der Waals surface area contributed by atoms with Crippen molar-refractivity contribution >= 4 is 11.9 Å². The van der Waals surface area contributed by atoms with E-state index in [1.165, 1.54) is 18.4 Å². The Kier molecular flexibility index (Phi) is 6.53. The Hall–Kier alpha value is -2.04. The van der Waals surface area contributed by atoms with Crippen molar-refractivity contribution in [3.63, 3.8) is 0 Å². The maximum Gasteiger partial charge on any atom is 0.314 e. The van der Waals surface area contributed by atoms with E-state index in [1.807, 2.05) is 4.90 Å². The van der Waals surface area contributed by atoms with Gasteiger partial charge < -0.3 is 15.5 Å². The van der Waals surface area contributed by atoms with Crippen molar-refractivity contribution in [2.24, 2.45) is 17.6 Å². The molecule has 0 saturated carbocycles. The van der Waals surface area contributed by atoms with E-state index in [0.717, 1.165) is 51.1 Å². The van der Waals surface area contributed by atoms with Crippen LogP contribution in [0.15, 0.2) is 30.3 Å². The Labute approximate surface area is 156 Å². The monoisotopic (exact) mass is 357 g/mol. The first-order valence-electron chi connectivity index (χ1n) is 10.0. The highest BCUT2D eigenvalue weighted by atomic mass is 16.2. The summed E-state index contributed by atoms with van der Waals surface area (Å²) in [5.41, 5.74) is 6.79. The fourth-order valence-corrected chi connectivity index (χ4v) is 4.32. The third kappa shape index (κ3) is 4.99. The van der Waals surface area contributed by atoms with Gasteiger partial charge in [-0.1, -0.05) is 30.3 Å². The molecule has 2 fully saturated rings. The van der Waals surface area contributed by atoms with Crippen LogP contribution in [-0.4, -0.2) is 47.9 Å². The summed E-state index contributed by atoms with van der Waals surface area (Å²) in [6.07, 6.45) is 7.56. The predicted octanol–water partition coefficient (Wildman–Crippen LogP) is 3.04. The first kappa shape index (κ1) is 18.7. The number of benzene rings is 1. The van der Waals surface area contributed by atoms with Crippen LogP contribution in [-0.2, 0) is 11.2 Å². The van der Waals surface area contributed by atoms with E-state index in [0.29, 0.717) is 13.1 Å². The van der Waals surface area contributed by atoms with E-state index in [1.54, 1.807) is 4.90 Å². The number of aryl methyl sites for hydroxylation is 1. The Balaban J connectivity index is 1.39. The lowest BCUT2D eigenvalue weighted by molar-refractivity contribution is -0.138. The normalized spacial score (nSPS) is 21.6. The number of urea groups is 1. The molecule has 1 aromatic carbocycles. The van der Waals surface area contributed by atoms with Crippen molar-refractivity contribution in [2.45, 2.75) is 44.9 Å². The van der Waals surface area contributed by atoms with Gasteiger partial charge in [-0.3, -0.25) is 4.79 Å². The van der Waals surface area contributed by atoms with Gasteiger partial charge in [0.15, 0.2) is 0 Å². The molecule has 26 heavy (non-hydrogen) atoms. The maximum atomic E-state index is 12.8. The minimum Gasteiger partial charge on any atom is -0.351 e. The summed E-state index contributed by atoms with van der Waals surface area (Å²) in [7, 11) is 0. The second kappa shape index (κ2) is 9.06.